The number of nitrogens with one attached hydrogen (secondary N) is 2. The zero-order chi connectivity index (χ0) is 38.3. The van der Waals surface area contributed by atoms with Crippen LogP contribution in [0.2, 0.25) is 0 Å². The lowest BCUT2D eigenvalue weighted by molar-refractivity contribution is -0.141. The molecule has 0 aromatic heterocycles. The lowest BCUT2D eigenvalue weighted by atomic mass is 9.84. The molecule has 4 heterocycles. The van der Waals surface area contributed by atoms with Crippen molar-refractivity contribution in [2.75, 3.05) is 37.9 Å². The van der Waals surface area contributed by atoms with Crippen molar-refractivity contribution in [1.29, 1.82) is 0 Å². The number of rotatable bonds is 15. The van der Waals surface area contributed by atoms with Gasteiger partial charge in [-0.2, -0.15) is 0 Å². The molecule has 0 saturated carbocycles. The molecule has 4 aliphatic heterocycles. The molecular weight excluding hydrogens is 721 g/mol. The minimum atomic E-state index is -0.522. The third-order valence-corrected chi connectivity index (χ3v) is 13.9. The third-order valence-electron chi connectivity index (χ3n) is 11.3. The summed E-state index contributed by atoms with van der Waals surface area (Å²) >= 11 is 3.58. The molecule has 2 aromatic carbocycles. The van der Waals surface area contributed by atoms with Gasteiger partial charge in [0.05, 0.1) is 36.0 Å². The summed E-state index contributed by atoms with van der Waals surface area (Å²) in [4.78, 5) is 57.9. The van der Waals surface area contributed by atoms with Crippen molar-refractivity contribution in [2.45, 2.75) is 114 Å². The number of fused-ring (bicyclic) bond motifs is 2. The molecule has 10 nitrogen and oxygen atoms in total. The van der Waals surface area contributed by atoms with E-state index in [-0.39, 0.29) is 57.3 Å². The summed E-state index contributed by atoms with van der Waals surface area (Å²) in [6.07, 6.45) is 5.79. The van der Waals surface area contributed by atoms with E-state index < -0.39 is 12.1 Å². The Morgan fingerprint density at radius 1 is 0.685 bits per heavy atom. The van der Waals surface area contributed by atoms with Gasteiger partial charge in [-0.25, -0.2) is 0 Å². The Morgan fingerprint density at radius 2 is 1.07 bits per heavy atom. The molecular formula is C42H58N4O6S2. The van der Waals surface area contributed by atoms with E-state index >= 15 is 0 Å². The molecule has 4 aliphatic rings. The summed E-state index contributed by atoms with van der Waals surface area (Å²) in [5.74, 6) is 1.76. The maximum absolute atomic E-state index is 14.0. The minimum absolute atomic E-state index is 0.0369. The predicted octanol–water partition coefficient (Wildman–Crippen LogP) is 6.48. The number of ether oxygens (including phenoxy) is 2. The number of nitrogens with zero attached hydrogens (tertiary/aromatic N) is 2. The van der Waals surface area contributed by atoms with E-state index in [4.69, 9.17) is 9.47 Å². The van der Waals surface area contributed by atoms with Crippen molar-refractivity contribution in [1.82, 2.24) is 20.4 Å². The standard InChI is InChI=1S/C42H58N4O6S2/c1-41(2)25-35-45(33(47)19-13-23-53-35)37(41)39(49)43-31(29-15-7-5-8-16-29)27-51-21-11-12-22-52-28-32(30-17-9-6-10-18-30)44-40(50)38-42(3,4)26-36-46(38)34(48)20-14-24-54-36/h5-10,15-18,31-32,35-38H,11-14,19-28H2,1-4H3,(H,43,49)(H,44,50)/t31-,32-,35+,36+,37-,38-/m1/s1. The van der Waals surface area contributed by atoms with Crippen molar-refractivity contribution in [3.8, 4) is 0 Å². The predicted molar refractivity (Wildman–Crippen MR) is 215 cm³/mol. The number of hydrogen-bond acceptors (Lipinski definition) is 8. The third kappa shape index (κ3) is 9.65. The Bertz CT molecular complexity index is 1480. The van der Waals surface area contributed by atoms with E-state index in [2.05, 4.69) is 38.3 Å². The van der Waals surface area contributed by atoms with Crippen LogP contribution in [0.3, 0.4) is 0 Å². The fourth-order valence-corrected chi connectivity index (χ4v) is 11.6. The SMILES string of the molecule is CC1(C)C[C@@H]2SCCCC(=O)N2[C@@H]1C(=O)N[C@H](COCCCCOC[C@@H](NC(=O)[C@H]1N2C(=O)CCCS[C@H]2CC1(C)C)c1ccccc1)c1ccccc1. The van der Waals surface area contributed by atoms with E-state index in [0.717, 1.165) is 61.2 Å². The molecule has 0 bridgehead atoms. The molecule has 4 amide bonds. The fourth-order valence-electron chi connectivity index (χ4n) is 8.52. The molecule has 0 aliphatic carbocycles. The van der Waals surface area contributed by atoms with Crippen LogP contribution in [-0.2, 0) is 28.7 Å². The minimum Gasteiger partial charge on any atom is -0.379 e. The second kappa shape index (κ2) is 18.3. The number of carbonyl (C=O) groups is 4. The molecule has 4 fully saturated rings. The zero-order valence-corrected chi connectivity index (χ0v) is 33.9. The number of carbonyl (C=O) groups excluding carboxylic acids is 4. The summed E-state index contributed by atoms with van der Waals surface area (Å²) in [5.41, 5.74) is 1.26. The molecule has 0 radical (unpaired) electrons. The van der Waals surface area contributed by atoms with Gasteiger partial charge in [0.1, 0.15) is 12.1 Å². The molecule has 6 rings (SSSR count). The van der Waals surface area contributed by atoms with Crippen LogP contribution in [0.15, 0.2) is 60.7 Å². The van der Waals surface area contributed by atoms with Crippen LogP contribution in [0.1, 0.15) is 102 Å². The lowest BCUT2D eigenvalue weighted by Crippen LogP contribution is -2.53. The lowest BCUT2D eigenvalue weighted by Gasteiger charge is -2.33. The quantitative estimate of drug-likeness (QED) is 0.198. The molecule has 0 unspecified atom stereocenters. The summed E-state index contributed by atoms with van der Waals surface area (Å²) < 4.78 is 12.3. The average molecular weight is 779 g/mol. The number of unbranched alkanes of at least 4 members (excludes halogenated alkanes) is 1. The fraction of sp³-hybridized carbons (Fsp3) is 0.619. The van der Waals surface area contributed by atoms with Crippen LogP contribution < -0.4 is 10.6 Å². The molecule has 0 spiro atoms. The van der Waals surface area contributed by atoms with Gasteiger partial charge in [0.2, 0.25) is 23.6 Å². The summed E-state index contributed by atoms with van der Waals surface area (Å²) in [6.45, 7) is 9.99. The first-order chi connectivity index (χ1) is 26.0. The van der Waals surface area contributed by atoms with Gasteiger partial charge in [-0.15, -0.1) is 23.5 Å². The van der Waals surface area contributed by atoms with Crippen molar-refractivity contribution >= 4 is 47.2 Å². The van der Waals surface area contributed by atoms with Gasteiger partial charge in [0, 0.05) is 26.1 Å². The highest BCUT2D eigenvalue weighted by Gasteiger charge is 2.54. The van der Waals surface area contributed by atoms with Crippen molar-refractivity contribution in [3.05, 3.63) is 71.8 Å². The maximum atomic E-state index is 14.0. The van der Waals surface area contributed by atoms with Crippen LogP contribution >= 0.6 is 23.5 Å². The van der Waals surface area contributed by atoms with Gasteiger partial charge in [-0.3, -0.25) is 19.2 Å². The van der Waals surface area contributed by atoms with Crippen molar-refractivity contribution < 1.29 is 28.7 Å². The van der Waals surface area contributed by atoms with Crippen LogP contribution in [-0.4, -0.2) is 94.2 Å². The number of amides is 4. The van der Waals surface area contributed by atoms with E-state index in [1.54, 1.807) is 23.5 Å². The Hall–Kier alpha value is -3.06. The highest BCUT2D eigenvalue weighted by molar-refractivity contribution is 8.00. The van der Waals surface area contributed by atoms with E-state index in [1.807, 2.05) is 70.5 Å². The summed E-state index contributed by atoms with van der Waals surface area (Å²) in [7, 11) is 0. The summed E-state index contributed by atoms with van der Waals surface area (Å²) in [5, 5.41) is 6.59. The molecule has 2 N–H and O–H groups in total. The first-order valence-electron chi connectivity index (χ1n) is 19.7. The normalized spacial score (nSPS) is 25.9. The molecule has 54 heavy (non-hydrogen) atoms. The highest BCUT2D eigenvalue weighted by atomic mass is 32.2. The van der Waals surface area contributed by atoms with Crippen LogP contribution in [0.5, 0.6) is 0 Å². The Kier molecular flexibility index (Phi) is 13.7. The second-order valence-electron chi connectivity index (χ2n) is 16.5. The topological polar surface area (TPSA) is 117 Å². The second-order valence-corrected chi connectivity index (χ2v) is 19.0. The van der Waals surface area contributed by atoms with Crippen LogP contribution in [0.4, 0.5) is 0 Å². The number of benzene rings is 2. The van der Waals surface area contributed by atoms with Gasteiger partial charge in [0.15, 0.2) is 0 Å². The Balaban J connectivity index is 0.993. The molecule has 2 aromatic rings. The van der Waals surface area contributed by atoms with E-state index in [1.165, 1.54) is 0 Å². The Morgan fingerprint density at radius 3 is 1.46 bits per heavy atom. The van der Waals surface area contributed by atoms with Crippen molar-refractivity contribution in [3.63, 3.8) is 0 Å². The number of thioether (sulfide) groups is 2. The first-order valence-corrected chi connectivity index (χ1v) is 21.8. The Labute approximate surface area is 329 Å². The van der Waals surface area contributed by atoms with Gasteiger partial charge in [-0.05, 0) is 72.0 Å². The van der Waals surface area contributed by atoms with Gasteiger partial charge in [0.25, 0.3) is 0 Å². The van der Waals surface area contributed by atoms with E-state index in [9.17, 15) is 19.2 Å². The van der Waals surface area contributed by atoms with Gasteiger partial charge >= 0.3 is 0 Å². The molecule has 4 saturated heterocycles. The van der Waals surface area contributed by atoms with Gasteiger partial charge in [-0.1, -0.05) is 88.4 Å². The molecule has 6 atom stereocenters. The van der Waals surface area contributed by atoms with Crippen LogP contribution in [0, 0.1) is 10.8 Å². The summed E-state index contributed by atoms with van der Waals surface area (Å²) in [6, 6.07) is 18.0. The molecule has 294 valence electrons. The largest absolute Gasteiger partial charge is 0.379 e. The number of hydrogen-bond donors (Lipinski definition) is 2. The average Bonchev–Trinajstić information content (AvgIpc) is 3.42. The zero-order valence-electron chi connectivity index (χ0n) is 32.3. The smallest absolute Gasteiger partial charge is 0.243 e. The molecule has 12 heteroatoms. The van der Waals surface area contributed by atoms with Crippen LogP contribution in [0.25, 0.3) is 0 Å². The first kappa shape index (κ1) is 40.6. The van der Waals surface area contributed by atoms with Crippen molar-refractivity contribution in [2.24, 2.45) is 10.8 Å². The maximum Gasteiger partial charge on any atom is 0.243 e. The highest BCUT2D eigenvalue weighted by Crippen LogP contribution is 2.47. The van der Waals surface area contributed by atoms with E-state index in [0.29, 0.717) is 39.3 Å². The monoisotopic (exact) mass is 778 g/mol. The van der Waals surface area contributed by atoms with Gasteiger partial charge < -0.3 is 29.9 Å².